The fraction of sp³-hybridized carbons (Fsp3) is 0.321. The Balaban J connectivity index is 1.38. The number of ether oxygens (including phenoxy) is 1. The Morgan fingerprint density at radius 3 is 2.27 bits per heavy atom. The minimum absolute atomic E-state index is 0.0675. The van der Waals surface area contributed by atoms with Gasteiger partial charge in [-0.3, -0.25) is 9.69 Å². The molecule has 1 unspecified atom stereocenters. The van der Waals surface area contributed by atoms with Crippen LogP contribution in [0.4, 0.5) is 0 Å². The summed E-state index contributed by atoms with van der Waals surface area (Å²) in [4.78, 5) is 17.2. The monoisotopic (exact) mass is 462 g/mol. The Bertz CT molecular complexity index is 1060. The molecule has 1 heterocycles. The van der Waals surface area contributed by atoms with Gasteiger partial charge >= 0.3 is 0 Å². The molecule has 1 saturated heterocycles. The quantitative estimate of drug-likeness (QED) is 0.453. The molecular weight excluding hydrogens is 432 g/mol. The number of aryl methyl sites for hydroxylation is 2. The zero-order valence-electron chi connectivity index (χ0n) is 19.3. The number of benzene rings is 3. The number of nitrogens with zero attached hydrogens (tertiary/aromatic N) is 2. The van der Waals surface area contributed by atoms with Crippen molar-refractivity contribution in [2.75, 3.05) is 32.7 Å². The van der Waals surface area contributed by atoms with Crippen molar-refractivity contribution in [1.29, 1.82) is 0 Å². The minimum Gasteiger partial charge on any atom is -0.368 e. The van der Waals surface area contributed by atoms with Crippen molar-refractivity contribution in [3.8, 4) is 0 Å². The number of rotatable bonds is 7. The predicted molar refractivity (Wildman–Crippen MR) is 134 cm³/mol. The van der Waals surface area contributed by atoms with Crippen LogP contribution in [-0.4, -0.2) is 48.4 Å². The number of carbonyl (C=O) groups is 1. The molecule has 172 valence electrons. The van der Waals surface area contributed by atoms with Gasteiger partial charge < -0.3 is 9.64 Å². The predicted octanol–water partition coefficient (Wildman–Crippen LogP) is 5.67. The highest BCUT2D eigenvalue weighted by molar-refractivity contribution is 6.30. The van der Waals surface area contributed by atoms with Gasteiger partial charge in [-0.05, 0) is 49.2 Å². The zero-order chi connectivity index (χ0) is 23.2. The van der Waals surface area contributed by atoms with Crippen LogP contribution in [0.2, 0.25) is 5.02 Å². The molecule has 1 aliphatic heterocycles. The second-order valence-electron chi connectivity index (χ2n) is 8.80. The van der Waals surface area contributed by atoms with Gasteiger partial charge in [0.05, 0.1) is 12.7 Å². The van der Waals surface area contributed by atoms with E-state index in [0.29, 0.717) is 6.61 Å². The van der Waals surface area contributed by atoms with Gasteiger partial charge in [-0.1, -0.05) is 71.3 Å². The zero-order valence-corrected chi connectivity index (χ0v) is 20.1. The van der Waals surface area contributed by atoms with E-state index in [1.165, 1.54) is 11.1 Å². The minimum atomic E-state index is -0.0675. The molecule has 0 bridgehead atoms. The van der Waals surface area contributed by atoms with Crippen molar-refractivity contribution in [3.05, 3.63) is 106 Å². The van der Waals surface area contributed by atoms with Gasteiger partial charge in [0.25, 0.3) is 5.91 Å². The smallest absolute Gasteiger partial charge is 0.253 e. The average Bonchev–Trinajstić information content (AvgIpc) is 2.83. The first-order chi connectivity index (χ1) is 16.0. The van der Waals surface area contributed by atoms with Crippen LogP contribution in [-0.2, 0) is 11.3 Å². The summed E-state index contributed by atoms with van der Waals surface area (Å²) in [6, 6.07) is 24.1. The van der Waals surface area contributed by atoms with Crippen LogP contribution in [0.3, 0.4) is 0 Å². The maximum Gasteiger partial charge on any atom is 0.253 e. The molecule has 1 amide bonds. The van der Waals surface area contributed by atoms with Crippen molar-refractivity contribution in [2.45, 2.75) is 26.6 Å². The summed E-state index contributed by atoms with van der Waals surface area (Å²) in [5.74, 6) is 0.111. The lowest BCUT2D eigenvalue weighted by Crippen LogP contribution is -2.49. The molecule has 1 fully saturated rings. The molecule has 1 aliphatic rings. The van der Waals surface area contributed by atoms with Gasteiger partial charge in [0.1, 0.15) is 0 Å². The molecule has 0 spiro atoms. The van der Waals surface area contributed by atoms with Gasteiger partial charge in [-0.2, -0.15) is 0 Å². The SMILES string of the molecule is Cc1ccc(C(=O)N2CCN(CC(OCc3cccc(C)c3)c3ccc(Cl)cc3)CC2)cc1. The Morgan fingerprint density at radius 1 is 0.909 bits per heavy atom. The van der Waals surface area contributed by atoms with Crippen LogP contribution >= 0.6 is 11.6 Å². The van der Waals surface area contributed by atoms with Crippen LogP contribution < -0.4 is 0 Å². The molecule has 4 rings (SSSR count). The van der Waals surface area contributed by atoms with Crippen molar-refractivity contribution >= 4 is 17.5 Å². The molecule has 0 saturated carbocycles. The first kappa shape index (κ1) is 23.5. The number of carbonyl (C=O) groups excluding carboxylic acids is 1. The molecule has 3 aromatic carbocycles. The van der Waals surface area contributed by atoms with E-state index in [0.717, 1.165) is 54.4 Å². The molecule has 0 aliphatic carbocycles. The van der Waals surface area contributed by atoms with Crippen LogP contribution in [0.15, 0.2) is 72.8 Å². The number of halogens is 1. The highest BCUT2D eigenvalue weighted by atomic mass is 35.5. The fourth-order valence-electron chi connectivity index (χ4n) is 4.18. The lowest BCUT2D eigenvalue weighted by Gasteiger charge is -2.36. The third-order valence-electron chi connectivity index (χ3n) is 6.16. The van der Waals surface area contributed by atoms with E-state index in [1.54, 1.807) is 0 Å². The van der Waals surface area contributed by atoms with Crippen molar-refractivity contribution in [2.24, 2.45) is 0 Å². The molecule has 0 N–H and O–H groups in total. The normalized spacial score (nSPS) is 15.4. The summed E-state index contributed by atoms with van der Waals surface area (Å²) in [6.45, 7) is 8.56. The van der Waals surface area contributed by atoms with Gasteiger partial charge in [-0.25, -0.2) is 0 Å². The number of hydrogen-bond acceptors (Lipinski definition) is 3. The topological polar surface area (TPSA) is 32.8 Å². The second kappa shape index (κ2) is 11.0. The van der Waals surface area contributed by atoms with Crippen LogP contribution in [0.5, 0.6) is 0 Å². The van der Waals surface area contributed by atoms with Gasteiger partial charge in [0.15, 0.2) is 0 Å². The third-order valence-corrected chi connectivity index (χ3v) is 6.41. The first-order valence-electron chi connectivity index (χ1n) is 11.5. The molecule has 0 aromatic heterocycles. The van der Waals surface area contributed by atoms with Crippen LogP contribution in [0.1, 0.15) is 38.7 Å². The van der Waals surface area contributed by atoms with Crippen LogP contribution in [0.25, 0.3) is 0 Å². The molecular formula is C28H31ClN2O2. The summed E-state index contributed by atoms with van der Waals surface area (Å²) < 4.78 is 6.40. The molecule has 1 atom stereocenters. The lowest BCUT2D eigenvalue weighted by atomic mass is 10.1. The molecule has 0 radical (unpaired) electrons. The van der Waals surface area contributed by atoms with E-state index in [9.17, 15) is 4.79 Å². The summed E-state index contributed by atoms with van der Waals surface area (Å²) in [5, 5.41) is 0.722. The Labute approximate surface area is 201 Å². The van der Waals surface area contributed by atoms with E-state index < -0.39 is 0 Å². The highest BCUT2D eigenvalue weighted by Gasteiger charge is 2.25. The van der Waals surface area contributed by atoms with Crippen LogP contribution in [0, 0.1) is 13.8 Å². The maximum atomic E-state index is 12.9. The maximum absolute atomic E-state index is 12.9. The summed E-state index contributed by atoms with van der Waals surface area (Å²) >= 11 is 6.11. The Morgan fingerprint density at radius 2 is 1.61 bits per heavy atom. The van der Waals surface area contributed by atoms with Crippen molar-refractivity contribution in [3.63, 3.8) is 0 Å². The number of piperazine rings is 1. The third kappa shape index (κ3) is 6.44. The van der Waals surface area contributed by atoms with Gasteiger partial charge in [0.2, 0.25) is 0 Å². The van der Waals surface area contributed by atoms with E-state index in [2.05, 4.69) is 36.1 Å². The van der Waals surface area contributed by atoms with E-state index in [1.807, 2.05) is 60.4 Å². The first-order valence-corrected chi connectivity index (χ1v) is 11.9. The lowest BCUT2D eigenvalue weighted by molar-refractivity contribution is 0.00341. The molecule has 33 heavy (non-hydrogen) atoms. The summed E-state index contributed by atoms with van der Waals surface area (Å²) in [5.41, 5.74) is 5.44. The van der Waals surface area contributed by atoms with E-state index in [-0.39, 0.29) is 12.0 Å². The van der Waals surface area contributed by atoms with Crippen molar-refractivity contribution < 1.29 is 9.53 Å². The Kier molecular flexibility index (Phi) is 7.81. The number of amides is 1. The van der Waals surface area contributed by atoms with Gasteiger partial charge in [0, 0.05) is 43.3 Å². The Hall–Kier alpha value is -2.66. The average molecular weight is 463 g/mol. The van der Waals surface area contributed by atoms with E-state index in [4.69, 9.17) is 16.3 Å². The van der Waals surface area contributed by atoms with Gasteiger partial charge in [-0.15, -0.1) is 0 Å². The second-order valence-corrected chi connectivity index (χ2v) is 9.24. The van der Waals surface area contributed by atoms with Crippen molar-refractivity contribution in [1.82, 2.24) is 9.80 Å². The fourth-order valence-corrected chi connectivity index (χ4v) is 4.30. The highest BCUT2D eigenvalue weighted by Crippen LogP contribution is 2.24. The molecule has 4 nitrogen and oxygen atoms in total. The van der Waals surface area contributed by atoms with E-state index >= 15 is 0 Å². The summed E-state index contributed by atoms with van der Waals surface area (Å²) in [6.07, 6.45) is -0.0675. The largest absolute Gasteiger partial charge is 0.368 e. The summed E-state index contributed by atoms with van der Waals surface area (Å²) in [7, 11) is 0. The standard InChI is InChI=1S/C28H31ClN2O2/c1-21-6-8-25(9-7-21)28(32)31-16-14-30(15-17-31)19-27(24-10-12-26(29)13-11-24)33-20-23-5-3-4-22(2)18-23/h3-13,18,27H,14-17,19-20H2,1-2H3. The molecule has 5 heteroatoms. The molecule has 3 aromatic rings. The number of hydrogen-bond donors (Lipinski definition) is 0.